The molecule has 0 aromatic rings. The van der Waals surface area contributed by atoms with Crippen LogP contribution in [0.5, 0.6) is 0 Å². The summed E-state index contributed by atoms with van der Waals surface area (Å²) in [6, 6.07) is 0. The van der Waals surface area contributed by atoms with Crippen LogP contribution in [-0.2, 0) is 14.2 Å². The molecule has 0 radical (unpaired) electrons. The Labute approximate surface area is 164 Å². The SMILES string of the molecule is CCN(CCNC(=NC)N1CCC(COCCOC)C1)C(=O)OC(C)(C)C. The first-order chi connectivity index (χ1) is 12.8. The summed E-state index contributed by atoms with van der Waals surface area (Å²) in [5.41, 5.74) is -0.482. The fourth-order valence-electron chi connectivity index (χ4n) is 2.89. The number of guanidine groups is 1. The standard InChI is InChI=1S/C19H38N4O4/c1-7-22(18(24)27-19(2,3)4)11-9-21-17(20-5)23-10-8-16(14-23)15-26-13-12-25-6/h16H,7-15H2,1-6H3,(H,20,21). The van der Waals surface area contributed by atoms with Crippen molar-refractivity contribution >= 4 is 12.1 Å². The van der Waals surface area contributed by atoms with E-state index >= 15 is 0 Å². The van der Waals surface area contributed by atoms with Crippen LogP contribution in [0.3, 0.4) is 0 Å². The van der Waals surface area contributed by atoms with Crippen LogP contribution in [-0.4, -0.2) is 94.2 Å². The fraction of sp³-hybridized carbons (Fsp3) is 0.895. The van der Waals surface area contributed by atoms with Gasteiger partial charge >= 0.3 is 6.09 Å². The highest BCUT2D eigenvalue weighted by Crippen LogP contribution is 2.16. The lowest BCUT2D eigenvalue weighted by molar-refractivity contribution is 0.0263. The second kappa shape index (κ2) is 12.0. The van der Waals surface area contributed by atoms with E-state index in [9.17, 15) is 4.79 Å². The molecule has 0 spiro atoms. The Morgan fingerprint density at radius 3 is 2.67 bits per heavy atom. The van der Waals surface area contributed by atoms with Gasteiger partial charge in [0.2, 0.25) is 0 Å². The molecule has 27 heavy (non-hydrogen) atoms. The molecular weight excluding hydrogens is 348 g/mol. The fourth-order valence-corrected chi connectivity index (χ4v) is 2.89. The minimum atomic E-state index is -0.482. The summed E-state index contributed by atoms with van der Waals surface area (Å²) < 4.78 is 16.1. The minimum Gasteiger partial charge on any atom is -0.444 e. The van der Waals surface area contributed by atoms with E-state index in [2.05, 4.69) is 15.2 Å². The molecule has 0 aromatic heterocycles. The molecule has 1 atom stereocenters. The van der Waals surface area contributed by atoms with E-state index in [0.29, 0.717) is 38.8 Å². The largest absolute Gasteiger partial charge is 0.444 e. The van der Waals surface area contributed by atoms with Gasteiger partial charge in [0.15, 0.2) is 5.96 Å². The zero-order chi connectivity index (χ0) is 20.3. The van der Waals surface area contributed by atoms with E-state index in [1.807, 2.05) is 27.7 Å². The normalized spacial score (nSPS) is 17.9. The van der Waals surface area contributed by atoms with Gasteiger partial charge in [0.25, 0.3) is 0 Å². The molecule has 1 rings (SSSR count). The molecule has 0 bridgehead atoms. The summed E-state index contributed by atoms with van der Waals surface area (Å²) in [6.45, 7) is 13.3. The number of methoxy groups -OCH3 is 1. The molecule has 1 fully saturated rings. The van der Waals surface area contributed by atoms with Gasteiger partial charge in [-0.25, -0.2) is 4.79 Å². The Kier molecular flexibility index (Phi) is 10.5. The number of likely N-dealkylation sites (N-methyl/N-ethyl adjacent to an activating group) is 1. The van der Waals surface area contributed by atoms with Crippen LogP contribution in [0.4, 0.5) is 4.79 Å². The number of ether oxygens (including phenoxy) is 3. The molecule has 0 aromatic carbocycles. The summed E-state index contributed by atoms with van der Waals surface area (Å²) in [6.07, 6.45) is 0.809. The molecule has 1 aliphatic rings. The molecule has 8 heteroatoms. The summed E-state index contributed by atoms with van der Waals surface area (Å²) in [5.74, 6) is 1.38. The van der Waals surface area contributed by atoms with Crippen molar-refractivity contribution in [2.75, 3.05) is 66.7 Å². The second-order valence-electron chi connectivity index (χ2n) is 7.70. The predicted octanol–water partition coefficient (Wildman–Crippen LogP) is 1.80. The molecule has 8 nitrogen and oxygen atoms in total. The van der Waals surface area contributed by atoms with Crippen molar-refractivity contribution in [1.29, 1.82) is 0 Å². The first kappa shape index (κ1) is 23.5. The lowest BCUT2D eigenvalue weighted by atomic mass is 10.1. The number of hydrogen-bond donors (Lipinski definition) is 1. The lowest BCUT2D eigenvalue weighted by Crippen LogP contribution is -2.45. The third-order valence-electron chi connectivity index (χ3n) is 4.28. The van der Waals surface area contributed by atoms with Crippen LogP contribution in [0.1, 0.15) is 34.1 Å². The van der Waals surface area contributed by atoms with Crippen LogP contribution in [0.15, 0.2) is 4.99 Å². The van der Waals surface area contributed by atoms with Gasteiger partial charge in [0, 0.05) is 52.8 Å². The number of carbonyl (C=O) groups is 1. The molecule has 1 amide bonds. The van der Waals surface area contributed by atoms with Gasteiger partial charge in [-0.3, -0.25) is 4.99 Å². The van der Waals surface area contributed by atoms with E-state index in [0.717, 1.165) is 32.1 Å². The molecule has 158 valence electrons. The number of carbonyl (C=O) groups excluding carboxylic acids is 1. The number of hydrogen-bond acceptors (Lipinski definition) is 5. The minimum absolute atomic E-state index is 0.281. The zero-order valence-corrected chi connectivity index (χ0v) is 17.9. The topological polar surface area (TPSA) is 75.6 Å². The van der Waals surface area contributed by atoms with Crippen LogP contribution >= 0.6 is 0 Å². The van der Waals surface area contributed by atoms with Gasteiger partial charge in [-0.1, -0.05) is 0 Å². The molecule has 1 N–H and O–H groups in total. The first-order valence-corrected chi connectivity index (χ1v) is 9.80. The quantitative estimate of drug-likeness (QED) is 0.370. The third kappa shape index (κ3) is 9.28. The highest BCUT2D eigenvalue weighted by molar-refractivity contribution is 5.80. The highest BCUT2D eigenvalue weighted by atomic mass is 16.6. The van der Waals surface area contributed by atoms with Crippen LogP contribution in [0.25, 0.3) is 0 Å². The van der Waals surface area contributed by atoms with Crippen LogP contribution in [0, 0.1) is 5.92 Å². The number of nitrogens with one attached hydrogen (secondary N) is 1. The maximum absolute atomic E-state index is 12.2. The van der Waals surface area contributed by atoms with Crippen molar-refractivity contribution in [3.63, 3.8) is 0 Å². The summed E-state index contributed by atoms with van der Waals surface area (Å²) in [7, 11) is 3.47. The maximum Gasteiger partial charge on any atom is 0.410 e. The van der Waals surface area contributed by atoms with Gasteiger partial charge in [-0.15, -0.1) is 0 Å². The predicted molar refractivity (Wildman–Crippen MR) is 107 cm³/mol. The van der Waals surface area contributed by atoms with E-state index in [1.54, 1.807) is 19.1 Å². The molecule has 1 aliphatic heterocycles. The van der Waals surface area contributed by atoms with Crippen LogP contribution < -0.4 is 5.32 Å². The molecule has 0 aliphatic carbocycles. The van der Waals surface area contributed by atoms with Gasteiger partial charge in [-0.2, -0.15) is 0 Å². The van der Waals surface area contributed by atoms with Crippen molar-refractivity contribution in [2.45, 2.75) is 39.7 Å². The second-order valence-corrected chi connectivity index (χ2v) is 7.70. The number of rotatable bonds is 9. The van der Waals surface area contributed by atoms with E-state index in [1.165, 1.54) is 0 Å². The number of aliphatic imine (C=N–C) groups is 1. The van der Waals surface area contributed by atoms with Gasteiger partial charge in [0.1, 0.15) is 5.60 Å². The zero-order valence-electron chi connectivity index (χ0n) is 17.9. The molecular formula is C19H38N4O4. The third-order valence-corrected chi connectivity index (χ3v) is 4.28. The maximum atomic E-state index is 12.2. The molecule has 1 saturated heterocycles. The van der Waals surface area contributed by atoms with Gasteiger partial charge < -0.3 is 29.3 Å². The summed E-state index contributed by atoms with van der Waals surface area (Å²) >= 11 is 0. The Balaban J connectivity index is 2.36. The average molecular weight is 387 g/mol. The van der Waals surface area contributed by atoms with E-state index in [4.69, 9.17) is 14.2 Å². The molecule has 1 heterocycles. The van der Waals surface area contributed by atoms with E-state index in [-0.39, 0.29) is 6.09 Å². The van der Waals surface area contributed by atoms with Crippen molar-refractivity contribution in [2.24, 2.45) is 10.9 Å². The molecule has 0 saturated carbocycles. The Bertz CT molecular complexity index is 465. The number of amides is 1. The Morgan fingerprint density at radius 1 is 1.33 bits per heavy atom. The number of nitrogens with zero attached hydrogens (tertiary/aromatic N) is 3. The number of likely N-dealkylation sites (tertiary alicyclic amines) is 1. The van der Waals surface area contributed by atoms with E-state index < -0.39 is 5.60 Å². The average Bonchev–Trinajstić information content (AvgIpc) is 3.06. The van der Waals surface area contributed by atoms with Gasteiger partial charge in [-0.05, 0) is 34.1 Å². The van der Waals surface area contributed by atoms with Crippen molar-refractivity contribution in [3.05, 3.63) is 0 Å². The van der Waals surface area contributed by atoms with Gasteiger partial charge in [0.05, 0.1) is 19.8 Å². The van der Waals surface area contributed by atoms with Crippen molar-refractivity contribution in [3.8, 4) is 0 Å². The summed E-state index contributed by atoms with van der Waals surface area (Å²) in [5, 5.41) is 3.36. The smallest absolute Gasteiger partial charge is 0.410 e. The summed E-state index contributed by atoms with van der Waals surface area (Å²) in [4.78, 5) is 20.5. The molecule has 1 unspecified atom stereocenters. The lowest BCUT2D eigenvalue weighted by Gasteiger charge is -2.27. The van der Waals surface area contributed by atoms with Crippen molar-refractivity contribution < 1.29 is 19.0 Å². The van der Waals surface area contributed by atoms with Crippen molar-refractivity contribution in [1.82, 2.24) is 15.1 Å². The monoisotopic (exact) mass is 386 g/mol. The Morgan fingerprint density at radius 2 is 2.07 bits per heavy atom. The highest BCUT2D eigenvalue weighted by Gasteiger charge is 2.25. The van der Waals surface area contributed by atoms with Crippen LogP contribution in [0.2, 0.25) is 0 Å². The first-order valence-electron chi connectivity index (χ1n) is 9.80. The Hall–Kier alpha value is -1.54.